The highest BCUT2D eigenvalue weighted by molar-refractivity contribution is 6.34. The van der Waals surface area contributed by atoms with Gasteiger partial charge in [-0.25, -0.2) is 4.79 Å². The van der Waals surface area contributed by atoms with Crippen molar-refractivity contribution >= 4 is 23.3 Å². The van der Waals surface area contributed by atoms with Crippen LogP contribution in [0, 0.1) is 0 Å². The maximum absolute atomic E-state index is 11.3. The van der Waals surface area contributed by atoms with Gasteiger partial charge in [0.1, 0.15) is 5.56 Å². The van der Waals surface area contributed by atoms with Crippen LogP contribution in [0.5, 0.6) is 0 Å². The van der Waals surface area contributed by atoms with Crippen LogP contribution in [0.3, 0.4) is 0 Å². The molecule has 1 fully saturated rings. The Kier molecular flexibility index (Phi) is 4.66. The smallest absolute Gasteiger partial charge is 0.339 e. The summed E-state index contributed by atoms with van der Waals surface area (Å²) >= 11 is 5.97. The largest absolute Gasteiger partial charge is 0.478 e. The number of carbonyl (C=O) groups is 1. The number of hydrogen-bond donors (Lipinski definition) is 2. The first-order chi connectivity index (χ1) is 9.11. The van der Waals surface area contributed by atoms with E-state index in [2.05, 4.69) is 17.1 Å². The lowest BCUT2D eigenvalue weighted by Crippen LogP contribution is -2.42. The lowest BCUT2D eigenvalue weighted by atomic mass is 10.0. The van der Waals surface area contributed by atoms with Crippen LogP contribution in [-0.2, 0) is 0 Å². The van der Waals surface area contributed by atoms with E-state index in [0.717, 1.165) is 32.5 Å². The molecule has 19 heavy (non-hydrogen) atoms. The molecule has 0 radical (unpaired) electrons. The number of benzene rings is 1. The van der Waals surface area contributed by atoms with Crippen molar-refractivity contribution in [2.24, 2.45) is 0 Å². The van der Waals surface area contributed by atoms with Crippen LogP contribution >= 0.6 is 11.6 Å². The molecule has 1 heterocycles. The minimum atomic E-state index is -0.990. The van der Waals surface area contributed by atoms with Gasteiger partial charge in [-0.3, -0.25) is 0 Å². The van der Waals surface area contributed by atoms with Gasteiger partial charge in [0.25, 0.3) is 0 Å². The average Bonchev–Trinajstić information content (AvgIpc) is 2.38. The molecule has 5 heteroatoms. The molecule has 0 amide bonds. The monoisotopic (exact) mass is 282 g/mol. The van der Waals surface area contributed by atoms with Gasteiger partial charge in [-0.05, 0) is 38.1 Å². The van der Waals surface area contributed by atoms with Crippen molar-refractivity contribution in [3.8, 4) is 0 Å². The van der Waals surface area contributed by atoms with Crippen molar-refractivity contribution in [3.63, 3.8) is 0 Å². The fourth-order valence-electron chi connectivity index (χ4n) is 2.54. The second-order valence-corrected chi connectivity index (χ2v) is 5.25. The van der Waals surface area contributed by atoms with E-state index in [0.29, 0.717) is 5.69 Å². The third-order valence-electron chi connectivity index (χ3n) is 3.54. The van der Waals surface area contributed by atoms with Crippen molar-refractivity contribution in [2.75, 3.05) is 25.0 Å². The molecule has 0 aliphatic carbocycles. The second kappa shape index (κ2) is 6.26. The molecular formula is C14H19ClN2O2. The van der Waals surface area contributed by atoms with Crippen LogP contribution < -0.4 is 5.32 Å². The Balaban J connectivity index is 2.14. The van der Waals surface area contributed by atoms with Crippen LogP contribution in [0.25, 0.3) is 0 Å². The zero-order chi connectivity index (χ0) is 13.8. The van der Waals surface area contributed by atoms with Gasteiger partial charge in [-0.1, -0.05) is 24.6 Å². The Labute approximate surface area is 118 Å². The Morgan fingerprint density at radius 1 is 1.58 bits per heavy atom. The molecule has 1 aromatic rings. The minimum Gasteiger partial charge on any atom is -0.478 e. The van der Waals surface area contributed by atoms with E-state index in [9.17, 15) is 9.90 Å². The standard InChI is InChI=1S/C14H19ClN2O2/c1-2-17-8-4-5-10(9-17)16-12-7-3-6-11(15)13(12)14(18)19/h3,6-7,10,16H,2,4-5,8-9H2,1H3,(H,18,19). The molecule has 1 aliphatic heterocycles. The first kappa shape index (κ1) is 14.2. The predicted octanol–water partition coefficient (Wildman–Crippen LogP) is 2.93. The second-order valence-electron chi connectivity index (χ2n) is 4.84. The normalized spacial score (nSPS) is 20.2. The number of piperidine rings is 1. The molecule has 104 valence electrons. The van der Waals surface area contributed by atoms with Gasteiger partial charge in [0, 0.05) is 12.6 Å². The van der Waals surface area contributed by atoms with Gasteiger partial charge >= 0.3 is 5.97 Å². The summed E-state index contributed by atoms with van der Waals surface area (Å²) in [5.74, 6) is -0.990. The lowest BCUT2D eigenvalue weighted by Gasteiger charge is -2.33. The van der Waals surface area contributed by atoms with E-state index in [1.165, 1.54) is 0 Å². The molecule has 0 saturated carbocycles. The highest BCUT2D eigenvalue weighted by atomic mass is 35.5. The van der Waals surface area contributed by atoms with Crippen LogP contribution in [0.15, 0.2) is 18.2 Å². The predicted molar refractivity (Wildman–Crippen MR) is 77.2 cm³/mol. The van der Waals surface area contributed by atoms with Crippen LogP contribution in [0.4, 0.5) is 5.69 Å². The Morgan fingerprint density at radius 2 is 2.37 bits per heavy atom. The van der Waals surface area contributed by atoms with Gasteiger partial charge in [0.15, 0.2) is 0 Å². The molecule has 1 saturated heterocycles. The molecule has 0 aromatic heterocycles. The van der Waals surface area contributed by atoms with Crippen LogP contribution in [0.2, 0.25) is 5.02 Å². The summed E-state index contributed by atoms with van der Waals surface area (Å²) in [4.78, 5) is 13.6. The molecule has 0 spiro atoms. The van der Waals surface area contributed by atoms with E-state index < -0.39 is 5.97 Å². The van der Waals surface area contributed by atoms with Gasteiger partial charge in [-0.2, -0.15) is 0 Å². The highest BCUT2D eigenvalue weighted by Crippen LogP contribution is 2.26. The molecule has 1 aromatic carbocycles. The first-order valence-electron chi connectivity index (χ1n) is 6.62. The van der Waals surface area contributed by atoms with Gasteiger partial charge in [-0.15, -0.1) is 0 Å². The van der Waals surface area contributed by atoms with E-state index >= 15 is 0 Å². The lowest BCUT2D eigenvalue weighted by molar-refractivity contribution is 0.0698. The Bertz CT molecular complexity index is 465. The molecule has 1 atom stereocenters. The number of hydrogen-bond acceptors (Lipinski definition) is 3. The molecule has 2 rings (SSSR count). The Hall–Kier alpha value is -1.26. The number of halogens is 1. The van der Waals surface area contributed by atoms with Crippen molar-refractivity contribution in [2.45, 2.75) is 25.8 Å². The maximum atomic E-state index is 11.3. The molecule has 4 nitrogen and oxygen atoms in total. The van der Waals surface area contributed by atoms with Crippen molar-refractivity contribution in [3.05, 3.63) is 28.8 Å². The minimum absolute atomic E-state index is 0.165. The quantitative estimate of drug-likeness (QED) is 0.891. The average molecular weight is 283 g/mol. The van der Waals surface area contributed by atoms with Gasteiger partial charge < -0.3 is 15.3 Å². The third kappa shape index (κ3) is 3.39. The van der Waals surface area contributed by atoms with Crippen molar-refractivity contribution in [1.82, 2.24) is 4.90 Å². The molecule has 2 N–H and O–H groups in total. The number of likely N-dealkylation sites (N-methyl/N-ethyl adjacent to an activating group) is 1. The molecule has 1 aliphatic rings. The zero-order valence-corrected chi connectivity index (χ0v) is 11.8. The number of likely N-dealkylation sites (tertiary alicyclic amines) is 1. The van der Waals surface area contributed by atoms with E-state index in [1.807, 2.05) is 0 Å². The number of carboxylic acid groups (broad SMARTS) is 1. The fraction of sp³-hybridized carbons (Fsp3) is 0.500. The summed E-state index contributed by atoms with van der Waals surface area (Å²) in [7, 11) is 0. The molecule has 1 unspecified atom stereocenters. The summed E-state index contributed by atoms with van der Waals surface area (Å²) in [6.45, 7) is 5.24. The number of carboxylic acids is 1. The molecular weight excluding hydrogens is 264 g/mol. The topological polar surface area (TPSA) is 52.6 Å². The summed E-state index contributed by atoms with van der Waals surface area (Å²) in [6.07, 6.45) is 2.19. The first-order valence-corrected chi connectivity index (χ1v) is 7.00. The number of nitrogens with one attached hydrogen (secondary N) is 1. The number of anilines is 1. The maximum Gasteiger partial charge on any atom is 0.339 e. The van der Waals surface area contributed by atoms with Crippen LogP contribution in [-0.4, -0.2) is 41.7 Å². The third-order valence-corrected chi connectivity index (χ3v) is 3.85. The summed E-state index contributed by atoms with van der Waals surface area (Å²) in [6, 6.07) is 5.44. The Morgan fingerprint density at radius 3 is 3.05 bits per heavy atom. The summed E-state index contributed by atoms with van der Waals surface area (Å²) in [5.41, 5.74) is 0.778. The summed E-state index contributed by atoms with van der Waals surface area (Å²) in [5, 5.41) is 12.8. The summed E-state index contributed by atoms with van der Waals surface area (Å²) < 4.78 is 0. The van der Waals surface area contributed by atoms with Crippen LogP contribution in [0.1, 0.15) is 30.1 Å². The van der Waals surface area contributed by atoms with Gasteiger partial charge in [0.05, 0.1) is 10.7 Å². The fourth-order valence-corrected chi connectivity index (χ4v) is 2.80. The molecule has 0 bridgehead atoms. The van der Waals surface area contributed by atoms with E-state index in [1.54, 1.807) is 18.2 Å². The van der Waals surface area contributed by atoms with Crippen molar-refractivity contribution in [1.29, 1.82) is 0 Å². The van der Waals surface area contributed by atoms with Gasteiger partial charge in [0.2, 0.25) is 0 Å². The van der Waals surface area contributed by atoms with E-state index in [-0.39, 0.29) is 16.6 Å². The van der Waals surface area contributed by atoms with Crippen molar-refractivity contribution < 1.29 is 9.90 Å². The highest BCUT2D eigenvalue weighted by Gasteiger charge is 2.21. The number of nitrogens with zero attached hydrogens (tertiary/aromatic N) is 1. The number of aromatic carboxylic acids is 1. The zero-order valence-electron chi connectivity index (χ0n) is 11.0. The van der Waals surface area contributed by atoms with E-state index in [4.69, 9.17) is 11.6 Å². The number of rotatable bonds is 4. The SMILES string of the molecule is CCN1CCCC(Nc2cccc(Cl)c2C(=O)O)C1.